The van der Waals surface area contributed by atoms with Gasteiger partial charge in [0.25, 0.3) is 63.7 Å². The Morgan fingerprint density at radius 2 is 0.575 bits per heavy atom. The molecule has 0 aliphatic carbocycles. The summed E-state index contributed by atoms with van der Waals surface area (Å²) in [5.74, 6) is -17.2. The van der Waals surface area contributed by atoms with Crippen LogP contribution >= 0.6 is 45.3 Å². The predicted octanol–water partition coefficient (Wildman–Crippen LogP) is 16.9. The number of nitrogens with one attached hydrogen (secondary N) is 8. The van der Waals surface area contributed by atoms with Crippen LogP contribution in [0.1, 0.15) is 257 Å². The van der Waals surface area contributed by atoms with E-state index in [0.29, 0.717) is 45.3 Å². The minimum Gasteiger partial charge on any atom is -0.337 e. The first-order valence-electron chi connectivity index (χ1n) is 57.5. The van der Waals surface area contributed by atoms with Gasteiger partial charge in [0.05, 0.1) is 56.5 Å². The molecule has 0 fully saturated rings. The number of nitrogens with zero attached hydrogens (tertiary/aromatic N) is 4. The Bertz CT molecular complexity index is 8910. The normalized spacial score (nSPS) is 18.9. The van der Waals surface area contributed by atoms with Crippen molar-refractivity contribution in [3.05, 3.63) is 225 Å². The Balaban J connectivity index is 0.000000251. The first-order valence-corrected chi connectivity index (χ1v) is 41.2. The van der Waals surface area contributed by atoms with Crippen LogP contribution in [0.5, 0.6) is 0 Å². The highest BCUT2D eigenvalue weighted by Crippen LogP contribution is 2.36. The fourth-order valence-corrected chi connectivity index (χ4v) is 18.3. The molecule has 0 aliphatic heterocycles. The van der Waals surface area contributed by atoms with Crippen molar-refractivity contribution < 1.29 is 162 Å². The number of sulfonamides is 4. The molecule has 12 aromatic rings. The van der Waals surface area contributed by atoms with E-state index < -0.39 is 379 Å². The molecule has 4 aromatic carbocycles. The van der Waals surface area contributed by atoms with Crippen molar-refractivity contribution in [2.45, 2.75) is 157 Å². The molecular formula is C80H84N12O20S8. The fraction of sp³-hybridized carbons (Fsp3) is 0.250. The van der Waals surface area contributed by atoms with Crippen molar-refractivity contribution in [3.63, 3.8) is 0 Å². The lowest BCUT2D eigenvalue weighted by Crippen LogP contribution is -2.20. The number of carbonyl (C=O) groups is 8. The minimum absolute atomic E-state index is 0.0371. The van der Waals surface area contributed by atoms with Crippen molar-refractivity contribution in [3.8, 4) is 0 Å². The predicted molar refractivity (Wildman–Crippen MR) is 460 cm³/mol. The van der Waals surface area contributed by atoms with E-state index in [1.54, 1.807) is 0 Å². The van der Waals surface area contributed by atoms with Gasteiger partial charge in [-0.2, -0.15) is 0 Å². The van der Waals surface area contributed by atoms with Crippen LogP contribution in [0, 0.1) is 110 Å². The van der Waals surface area contributed by atoms with Crippen LogP contribution in [0.4, 0.5) is 46.3 Å². The molecule has 0 aliphatic rings. The van der Waals surface area contributed by atoms with Gasteiger partial charge in [0.1, 0.15) is 39.1 Å². The van der Waals surface area contributed by atoms with Gasteiger partial charge in [-0.3, -0.25) is 38.4 Å². The zero-order valence-corrected chi connectivity index (χ0v) is 67.9. The largest absolute Gasteiger partial charge is 0.337 e. The molecule has 0 saturated heterocycles. The SMILES string of the molecule is [2H]c1c(C(=O)C([2H])([2H])[2H])c(N([2H])C(=O)c2sccc2S(=O)(=O)N([2H])c2onc(C)c2C([2H])([2H])[2H])c(C([2H])([2H])[2H])c([2H])c1C([2H])([2H])[2H].[2H]c1c(C(=O)C([2H])([2H])[2H])c(N([2H])C(=O)c2sccc2S(=O)(=O)N([2H])c2onc(C)c2C)c(C([2H])([2H])[2H])c([2H])c1C([2H])([2H])[2H].[2H]c1c(C)c([2H])c(C(=O)C([2H])([2H])[2H])c(N([2H])C(=O)c2sccc2S(=O)(=O)N([2H])c2onc(C([2H])([2H])[2H])c2C([2H])([2H])[2H])c1C.[2H]c1c(C)c([2H])c(C(=O)C([2H])([2H])[2H])c(N([2H])C(=O)c2sccc2S(=O)(=O)N([2H])c2onc(C([2H])([2H])[2H])c2C)c1C. The Labute approximate surface area is 781 Å². The molecular weight excluding hydrogens is 1710 g/mol. The molecule has 12 rings (SSSR count). The topological polar surface area (TPSA) is 473 Å². The summed E-state index contributed by atoms with van der Waals surface area (Å²) in [5.41, 5.74) is -18.9. The number of Topliss-reactive ketones (excluding diaryl/α,β-unsaturated/α-hetero) is 4. The molecule has 8 aromatic heterocycles. The third kappa shape index (κ3) is 21.0. The molecule has 632 valence electrons. The van der Waals surface area contributed by atoms with E-state index in [1.807, 2.05) is 0 Å². The maximum atomic E-state index is 13.7. The molecule has 8 heterocycles. The second kappa shape index (κ2) is 37.2. The number of rotatable bonds is 24. The van der Waals surface area contributed by atoms with Crippen LogP contribution in [-0.2, 0) is 40.1 Å². The fourth-order valence-electron chi connectivity index (χ4n) is 9.35. The lowest BCUT2D eigenvalue weighted by atomic mass is 10.0. The zero-order chi connectivity index (χ0) is 133. The average molecular weight is 1840 g/mol. The van der Waals surface area contributed by atoms with E-state index in [-0.39, 0.29) is 76.2 Å². The molecule has 0 bridgehead atoms. The Morgan fingerprint density at radius 1 is 0.325 bits per heavy atom. The number of carbonyl (C=O) groups excluding carboxylic acids is 8. The minimum atomic E-state index is -5.26. The number of ketones is 4. The average Bonchev–Trinajstić information content (AvgIpc) is 0.760. The number of benzene rings is 4. The lowest BCUT2D eigenvalue weighted by Gasteiger charge is -2.14. The zero-order valence-electron chi connectivity index (χ0n) is 113. The number of aromatic nitrogens is 4. The second-order valence-electron chi connectivity index (χ2n) is 23.4. The van der Waals surface area contributed by atoms with Crippen molar-refractivity contribution in [1.29, 1.82) is 0 Å². The molecule has 0 unspecified atom stereocenters. The summed E-state index contributed by atoms with van der Waals surface area (Å²) >= 11 is 1.70. The van der Waals surface area contributed by atoms with Crippen molar-refractivity contribution in [2.75, 3.05) is 40.1 Å². The molecule has 0 atom stereocenters. The highest BCUT2D eigenvalue weighted by atomic mass is 32.2. The smallest absolute Gasteiger partial charge is 0.267 e. The van der Waals surface area contributed by atoms with Crippen LogP contribution in [0.25, 0.3) is 0 Å². The van der Waals surface area contributed by atoms with Gasteiger partial charge < -0.3 is 39.3 Å². The third-order valence-corrected chi connectivity index (χ3v) is 24.4. The maximum Gasteiger partial charge on any atom is 0.267 e. The number of aryl methyl sites for hydroxylation is 4. The Kier molecular flexibility index (Phi) is 13.6. The third-order valence-electron chi connectivity index (χ3n) is 15.0. The van der Waals surface area contributed by atoms with Crippen LogP contribution in [0.2, 0.25) is 11.3 Å². The van der Waals surface area contributed by atoms with Gasteiger partial charge >= 0.3 is 0 Å². The van der Waals surface area contributed by atoms with Crippen molar-refractivity contribution in [2.24, 2.45) is 0 Å². The van der Waals surface area contributed by atoms with Gasteiger partial charge in [-0.15, -0.1) is 45.3 Å². The van der Waals surface area contributed by atoms with Gasteiger partial charge in [0.2, 0.25) is 23.5 Å². The summed E-state index contributed by atoms with van der Waals surface area (Å²) in [6.07, 6.45) is 0. The number of thiophene rings is 4. The number of hydrogen-bond acceptors (Lipinski definition) is 28. The quantitative estimate of drug-likeness (QED) is 0.0260. The lowest BCUT2D eigenvalue weighted by molar-refractivity contribution is 0.100. The van der Waals surface area contributed by atoms with E-state index in [1.165, 1.54) is 48.5 Å². The molecule has 8 N–H and O–H groups in total. The molecule has 4 amide bonds. The van der Waals surface area contributed by atoms with Gasteiger partial charge in [-0.25, -0.2) is 52.5 Å². The standard InChI is InChI=1S/4C20H21N3O5S2/c4*1-10-8-11(2)17(15(9-10)14(5)24)21-19(25)18-16(6-7-29-18)30(26,27)23-20-12(3)13(4)22-28-20/h4*6-9,23H,1-5H3,(H,21,25)/i1D3,2D3,3D3,5D3,8D,9D;3D3,4D3,5D3,8D,9D;1D3,2D3,5D3,8D,9D;4D3,5D3,8D,9D/hD8. The van der Waals surface area contributed by atoms with E-state index in [2.05, 4.69) is 25.1 Å². The van der Waals surface area contributed by atoms with Gasteiger partial charge in [0, 0.05) is 93.9 Å². The highest BCUT2D eigenvalue weighted by Gasteiger charge is 2.33. The maximum absolute atomic E-state index is 13.7. The number of amides is 4. The molecule has 0 radical (unpaired) electrons. The van der Waals surface area contributed by atoms with Crippen LogP contribution in [-0.4, -0.2) is 101 Å². The van der Waals surface area contributed by atoms with Gasteiger partial charge in [0.15, 0.2) is 34.4 Å². The summed E-state index contributed by atoms with van der Waals surface area (Å²) in [7, 11) is -20.4. The van der Waals surface area contributed by atoms with E-state index in [9.17, 15) is 72.0 Å². The van der Waals surface area contributed by atoms with Gasteiger partial charge in [-0.1, -0.05) is 44.8 Å². The highest BCUT2D eigenvalue weighted by molar-refractivity contribution is 7.94. The Morgan fingerprint density at radius 3 is 0.842 bits per heavy atom. The molecule has 0 spiro atoms. The summed E-state index contributed by atoms with van der Waals surface area (Å²) in [6, 6.07) is -4.46. The molecule has 0 saturated carbocycles. The first-order chi connectivity index (χ1) is 77.4. The first kappa shape index (κ1) is 43.9. The van der Waals surface area contributed by atoms with Crippen molar-refractivity contribution in [1.82, 2.24) is 20.6 Å². The summed E-state index contributed by atoms with van der Waals surface area (Å²) in [5, 5.41) is 16.8. The monoisotopic (exact) mass is 1840 g/mol. The summed E-state index contributed by atoms with van der Waals surface area (Å²) in [6.45, 7) is -30.0. The van der Waals surface area contributed by atoms with Crippen LogP contribution < -0.4 is 40.1 Å². The van der Waals surface area contributed by atoms with Crippen LogP contribution in [0.3, 0.4) is 0 Å². The van der Waals surface area contributed by atoms with Crippen LogP contribution in [0.15, 0.2) is 132 Å². The van der Waals surface area contributed by atoms with Gasteiger partial charge in [-0.05, 0) is 252 Å². The summed E-state index contributed by atoms with van der Waals surface area (Å²) < 4.78 is 532. The molecule has 32 nitrogen and oxygen atoms in total. The molecule has 40 heteroatoms. The van der Waals surface area contributed by atoms with E-state index in [4.69, 9.17) is 85.2 Å². The second-order valence-corrected chi connectivity index (χ2v) is 33.4. The van der Waals surface area contributed by atoms with E-state index >= 15 is 0 Å². The van der Waals surface area contributed by atoms with Crippen molar-refractivity contribution >= 4 is 178 Å². The summed E-state index contributed by atoms with van der Waals surface area (Å²) in [4.78, 5) is 99.0. The number of hydrogen-bond donors (Lipinski definition) is 8. The molecule has 120 heavy (non-hydrogen) atoms. The van der Waals surface area contributed by atoms with E-state index in [0.717, 1.165) is 52.7 Å². The Hall–Kier alpha value is -11.9. The number of anilines is 8.